The summed E-state index contributed by atoms with van der Waals surface area (Å²) in [6.07, 6.45) is 2.63. The largest absolute Gasteiger partial charge is 0.383 e. The van der Waals surface area contributed by atoms with Gasteiger partial charge in [-0.3, -0.25) is 4.90 Å². The Bertz CT molecular complexity index is 381. The lowest BCUT2D eigenvalue weighted by molar-refractivity contribution is 0.191. The molecule has 3 heteroatoms. The summed E-state index contributed by atoms with van der Waals surface area (Å²) in [5.41, 5.74) is 2.79. The van der Waals surface area contributed by atoms with Crippen LogP contribution < -0.4 is 5.32 Å². The van der Waals surface area contributed by atoms with Crippen LogP contribution in [0.3, 0.4) is 0 Å². The monoisotopic (exact) mass is 262 g/mol. The highest BCUT2D eigenvalue weighted by molar-refractivity contribution is 5.22. The first-order chi connectivity index (χ1) is 9.29. The molecule has 2 rings (SSSR count). The van der Waals surface area contributed by atoms with Gasteiger partial charge in [-0.05, 0) is 31.9 Å². The molecule has 0 saturated carbocycles. The van der Waals surface area contributed by atoms with Gasteiger partial charge >= 0.3 is 0 Å². The van der Waals surface area contributed by atoms with E-state index in [0.29, 0.717) is 6.04 Å². The number of rotatable bonds is 7. The summed E-state index contributed by atoms with van der Waals surface area (Å²) in [7, 11) is 1.75. The fraction of sp³-hybridized carbons (Fsp3) is 0.625. The van der Waals surface area contributed by atoms with Gasteiger partial charge in [0.05, 0.1) is 6.61 Å². The predicted molar refractivity (Wildman–Crippen MR) is 79.4 cm³/mol. The average molecular weight is 262 g/mol. The van der Waals surface area contributed by atoms with E-state index in [9.17, 15) is 0 Å². The Morgan fingerprint density at radius 2 is 2.32 bits per heavy atom. The first-order valence-electron chi connectivity index (χ1n) is 7.29. The standard InChI is InChI=1S/C16H26N2O/c1-14-5-3-6-15(11-14)13-18-9-4-7-16(18)12-17-8-10-19-2/h3,5-6,11,16-17H,4,7-10,12-13H2,1-2H3. The molecule has 1 N–H and O–H groups in total. The Morgan fingerprint density at radius 3 is 3.11 bits per heavy atom. The highest BCUT2D eigenvalue weighted by Crippen LogP contribution is 2.19. The van der Waals surface area contributed by atoms with Crippen molar-refractivity contribution >= 4 is 0 Å². The lowest BCUT2D eigenvalue weighted by Gasteiger charge is -2.25. The van der Waals surface area contributed by atoms with Crippen molar-refractivity contribution in [3.63, 3.8) is 0 Å². The second kappa shape index (κ2) is 7.63. The minimum absolute atomic E-state index is 0.678. The van der Waals surface area contributed by atoms with E-state index in [1.807, 2.05) is 0 Å². The number of hydrogen-bond acceptors (Lipinski definition) is 3. The summed E-state index contributed by atoms with van der Waals surface area (Å²) >= 11 is 0. The topological polar surface area (TPSA) is 24.5 Å². The summed E-state index contributed by atoms with van der Waals surface area (Å²) < 4.78 is 5.07. The average Bonchev–Trinajstić information content (AvgIpc) is 2.82. The van der Waals surface area contributed by atoms with Gasteiger partial charge in [0.25, 0.3) is 0 Å². The molecule has 1 aromatic carbocycles. The molecule has 1 atom stereocenters. The molecule has 0 bridgehead atoms. The van der Waals surface area contributed by atoms with Crippen molar-refractivity contribution in [1.82, 2.24) is 10.2 Å². The smallest absolute Gasteiger partial charge is 0.0587 e. The first-order valence-corrected chi connectivity index (χ1v) is 7.29. The molecule has 0 amide bonds. The summed E-state index contributed by atoms with van der Waals surface area (Å²) in [5, 5.41) is 3.49. The third-order valence-electron chi connectivity index (χ3n) is 3.83. The zero-order chi connectivity index (χ0) is 13.5. The summed E-state index contributed by atoms with van der Waals surface area (Å²) in [6, 6.07) is 9.54. The number of benzene rings is 1. The number of likely N-dealkylation sites (tertiary alicyclic amines) is 1. The van der Waals surface area contributed by atoms with Crippen LogP contribution in [-0.2, 0) is 11.3 Å². The molecule has 1 heterocycles. The maximum Gasteiger partial charge on any atom is 0.0587 e. The van der Waals surface area contributed by atoms with Crippen molar-refractivity contribution < 1.29 is 4.74 Å². The highest BCUT2D eigenvalue weighted by atomic mass is 16.5. The quantitative estimate of drug-likeness (QED) is 0.762. The fourth-order valence-corrected chi connectivity index (χ4v) is 2.82. The third kappa shape index (κ3) is 4.60. The van der Waals surface area contributed by atoms with Gasteiger partial charge in [0.1, 0.15) is 0 Å². The van der Waals surface area contributed by atoms with Crippen molar-refractivity contribution in [2.75, 3.05) is 33.4 Å². The molecule has 1 unspecified atom stereocenters. The van der Waals surface area contributed by atoms with E-state index in [4.69, 9.17) is 4.74 Å². The molecule has 0 radical (unpaired) electrons. The van der Waals surface area contributed by atoms with Crippen molar-refractivity contribution in [3.05, 3.63) is 35.4 Å². The normalized spacial score (nSPS) is 20.0. The van der Waals surface area contributed by atoms with E-state index < -0.39 is 0 Å². The summed E-state index contributed by atoms with van der Waals surface area (Å²) in [6.45, 7) is 7.30. The van der Waals surface area contributed by atoms with Crippen LogP contribution in [0.15, 0.2) is 24.3 Å². The molecule has 1 fully saturated rings. The predicted octanol–water partition coefficient (Wildman–Crippen LogP) is 2.20. The van der Waals surface area contributed by atoms with Gasteiger partial charge in [-0.2, -0.15) is 0 Å². The lowest BCUT2D eigenvalue weighted by atomic mass is 10.1. The van der Waals surface area contributed by atoms with Gasteiger partial charge in [0.2, 0.25) is 0 Å². The fourth-order valence-electron chi connectivity index (χ4n) is 2.82. The van der Waals surface area contributed by atoms with E-state index in [1.54, 1.807) is 7.11 Å². The second-order valence-electron chi connectivity index (χ2n) is 5.45. The SMILES string of the molecule is COCCNCC1CCCN1Cc1cccc(C)c1. The van der Waals surface area contributed by atoms with Gasteiger partial charge in [-0.1, -0.05) is 29.8 Å². The van der Waals surface area contributed by atoms with Crippen LogP contribution >= 0.6 is 0 Å². The van der Waals surface area contributed by atoms with E-state index in [-0.39, 0.29) is 0 Å². The van der Waals surface area contributed by atoms with E-state index in [0.717, 1.165) is 26.2 Å². The van der Waals surface area contributed by atoms with E-state index in [1.165, 1.54) is 30.5 Å². The number of nitrogens with zero attached hydrogens (tertiary/aromatic N) is 1. The number of methoxy groups -OCH3 is 1. The van der Waals surface area contributed by atoms with Crippen molar-refractivity contribution in [2.24, 2.45) is 0 Å². The minimum Gasteiger partial charge on any atom is -0.383 e. The molecule has 0 aromatic heterocycles. The van der Waals surface area contributed by atoms with Crippen LogP contribution in [0, 0.1) is 6.92 Å². The van der Waals surface area contributed by atoms with Gasteiger partial charge in [-0.15, -0.1) is 0 Å². The Hall–Kier alpha value is -0.900. The second-order valence-corrected chi connectivity index (χ2v) is 5.45. The van der Waals surface area contributed by atoms with Crippen LogP contribution in [0.2, 0.25) is 0 Å². The van der Waals surface area contributed by atoms with Crippen molar-refractivity contribution in [1.29, 1.82) is 0 Å². The zero-order valence-electron chi connectivity index (χ0n) is 12.2. The molecular weight excluding hydrogens is 236 g/mol. The Labute approximate surface area is 116 Å². The van der Waals surface area contributed by atoms with Crippen LogP contribution in [0.25, 0.3) is 0 Å². The minimum atomic E-state index is 0.678. The molecule has 19 heavy (non-hydrogen) atoms. The molecule has 0 spiro atoms. The van der Waals surface area contributed by atoms with Gasteiger partial charge in [-0.25, -0.2) is 0 Å². The van der Waals surface area contributed by atoms with Crippen LogP contribution in [-0.4, -0.2) is 44.3 Å². The molecule has 1 aliphatic rings. The van der Waals surface area contributed by atoms with E-state index >= 15 is 0 Å². The van der Waals surface area contributed by atoms with Crippen molar-refractivity contribution in [2.45, 2.75) is 32.4 Å². The van der Waals surface area contributed by atoms with Crippen LogP contribution in [0.5, 0.6) is 0 Å². The number of aryl methyl sites for hydroxylation is 1. The number of hydrogen-bond donors (Lipinski definition) is 1. The summed E-state index contributed by atoms with van der Waals surface area (Å²) in [5.74, 6) is 0. The maximum absolute atomic E-state index is 5.07. The Kier molecular flexibility index (Phi) is 5.83. The lowest BCUT2D eigenvalue weighted by Crippen LogP contribution is -2.38. The van der Waals surface area contributed by atoms with Gasteiger partial charge < -0.3 is 10.1 Å². The molecule has 1 saturated heterocycles. The number of nitrogens with one attached hydrogen (secondary N) is 1. The molecule has 1 aliphatic heterocycles. The number of ether oxygens (including phenoxy) is 1. The first kappa shape index (κ1) is 14.5. The Morgan fingerprint density at radius 1 is 1.42 bits per heavy atom. The van der Waals surface area contributed by atoms with E-state index in [2.05, 4.69) is 41.4 Å². The highest BCUT2D eigenvalue weighted by Gasteiger charge is 2.23. The maximum atomic E-state index is 5.07. The van der Waals surface area contributed by atoms with Crippen LogP contribution in [0.1, 0.15) is 24.0 Å². The molecule has 0 aliphatic carbocycles. The summed E-state index contributed by atoms with van der Waals surface area (Å²) in [4.78, 5) is 2.61. The molecule has 3 nitrogen and oxygen atoms in total. The van der Waals surface area contributed by atoms with Gasteiger partial charge in [0.15, 0.2) is 0 Å². The van der Waals surface area contributed by atoms with Crippen LogP contribution in [0.4, 0.5) is 0 Å². The zero-order valence-corrected chi connectivity index (χ0v) is 12.2. The molecule has 1 aromatic rings. The molecular formula is C16H26N2O. The third-order valence-corrected chi connectivity index (χ3v) is 3.83. The van der Waals surface area contributed by atoms with Gasteiger partial charge in [0, 0.05) is 32.8 Å². The molecule has 106 valence electrons. The van der Waals surface area contributed by atoms with Crippen molar-refractivity contribution in [3.8, 4) is 0 Å². The Balaban J connectivity index is 1.81.